The summed E-state index contributed by atoms with van der Waals surface area (Å²) in [6, 6.07) is 3.25. The third-order valence-corrected chi connectivity index (χ3v) is 1.75. The van der Waals surface area contributed by atoms with Gasteiger partial charge in [0.15, 0.2) is 0 Å². The maximum atomic E-state index is 9.26. The minimum atomic E-state index is 0.205. The Hall–Kier alpha value is -1.38. The van der Waals surface area contributed by atoms with E-state index in [9.17, 15) is 5.11 Å². The second-order valence-corrected chi connectivity index (χ2v) is 2.55. The van der Waals surface area contributed by atoms with E-state index in [2.05, 4.69) is 0 Å². The number of benzene rings is 1. The Kier molecular flexibility index (Phi) is 2.43. The Bertz CT molecular complexity index is 284. The molecule has 1 aromatic rings. The fourth-order valence-electron chi connectivity index (χ4n) is 0.974. The molecule has 0 amide bonds. The second-order valence-electron chi connectivity index (χ2n) is 2.55. The fourth-order valence-corrected chi connectivity index (χ4v) is 0.974. The first-order valence-corrected chi connectivity index (χ1v) is 3.87. The lowest BCUT2D eigenvalue weighted by Gasteiger charge is -2.09. The van der Waals surface area contributed by atoms with Gasteiger partial charge in [-0.15, -0.1) is 0 Å². The molecule has 3 nitrogen and oxygen atoms in total. The van der Waals surface area contributed by atoms with Crippen LogP contribution < -0.4 is 10.5 Å². The van der Waals surface area contributed by atoms with Crippen molar-refractivity contribution in [3.8, 4) is 11.5 Å². The Balaban J connectivity index is 3.08. The number of phenols is 1. The predicted molar refractivity (Wildman–Crippen MR) is 48.4 cm³/mol. The summed E-state index contributed by atoms with van der Waals surface area (Å²) in [6.07, 6.45) is 0. The molecule has 0 heterocycles. The third-order valence-electron chi connectivity index (χ3n) is 1.75. The molecule has 1 aromatic carbocycles. The zero-order valence-corrected chi connectivity index (χ0v) is 7.29. The van der Waals surface area contributed by atoms with Crippen LogP contribution in [0.1, 0.15) is 12.5 Å². The van der Waals surface area contributed by atoms with Crippen molar-refractivity contribution < 1.29 is 9.84 Å². The highest BCUT2D eigenvalue weighted by Gasteiger charge is 2.05. The van der Waals surface area contributed by atoms with Crippen molar-refractivity contribution >= 4 is 5.69 Å². The van der Waals surface area contributed by atoms with Crippen molar-refractivity contribution in [3.63, 3.8) is 0 Å². The summed E-state index contributed by atoms with van der Waals surface area (Å²) in [5.41, 5.74) is 6.86. The van der Waals surface area contributed by atoms with Crippen LogP contribution in [0.5, 0.6) is 11.5 Å². The Morgan fingerprint density at radius 1 is 1.50 bits per heavy atom. The van der Waals surface area contributed by atoms with Crippen molar-refractivity contribution in [2.45, 2.75) is 13.8 Å². The number of hydrogen-bond acceptors (Lipinski definition) is 3. The summed E-state index contributed by atoms with van der Waals surface area (Å²) in [5, 5.41) is 9.26. The molecule has 0 atom stereocenters. The molecule has 0 saturated carbocycles. The molecule has 0 spiro atoms. The first kappa shape index (κ1) is 8.71. The zero-order valence-electron chi connectivity index (χ0n) is 7.29. The Morgan fingerprint density at radius 2 is 2.17 bits per heavy atom. The number of ether oxygens (including phenoxy) is 1. The smallest absolute Gasteiger partial charge is 0.142 e. The molecular weight excluding hydrogens is 154 g/mol. The van der Waals surface area contributed by atoms with Crippen molar-refractivity contribution in [2.24, 2.45) is 0 Å². The highest BCUT2D eigenvalue weighted by atomic mass is 16.5. The van der Waals surface area contributed by atoms with Crippen LogP contribution in [0.15, 0.2) is 12.1 Å². The van der Waals surface area contributed by atoms with Gasteiger partial charge in [0.05, 0.1) is 12.3 Å². The van der Waals surface area contributed by atoms with Gasteiger partial charge in [-0.2, -0.15) is 0 Å². The van der Waals surface area contributed by atoms with Crippen LogP contribution in [0.2, 0.25) is 0 Å². The quantitative estimate of drug-likeness (QED) is 0.659. The molecule has 3 heteroatoms. The number of nitrogens with two attached hydrogens (primary N) is 1. The summed E-state index contributed by atoms with van der Waals surface area (Å²) in [6.45, 7) is 4.23. The monoisotopic (exact) mass is 167 g/mol. The van der Waals surface area contributed by atoms with Crippen LogP contribution in [0.25, 0.3) is 0 Å². The minimum absolute atomic E-state index is 0.205. The lowest BCUT2D eigenvalue weighted by Crippen LogP contribution is -1.98. The first-order valence-electron chi connectivity index (χ1n) is 3.87. The van der Waals surface area contributed by atoms with Gasteiger partial charge in [0.1, 0.15) is 11.5 Å². The highest BCUT2D eigenvalue weighted by Crippen LogP contribution is 2.30. The number of phenolic OH excluding ortho intramolecular Hbond substituents is 1. The highest BCUT2D eigenvalue weighted by molar-refractivity contribution is 5.62. The maximum absolute atomic E-state index is 9.26. The molecule has 0 aliphatic carbocycles. The van der Waals surface area contributed by atoms with Gasteiger partial charge in [-0.1, -0.05) is 0 Å². The van der Waals surface area contributed by atoms with E-state index in [1.807, 2.05) is 6.92 Å². The van der Waals surface area contributed by atoms with Gasteiger partial charge in [0.2, 0.25) is 0 Å². The molecule has 0 aliphatic heterocycles. The van der Waals surface area contributed by atoms with Gasteiger partial charge in [-0.25, -0.2) is 0 Å². The van der Waals surface area contributed by atoms with E-state index in [-0.39, 0.29) is 5.75 Å². The number of rotatable bonds is 2. The fraction of sp³-hybridized carbons (Fsp3) is 0.333. The van der Waals surface area contributed by atoms with Crippen LogP contribution in [-0.2, 0) is 0 Å². The lowest BCUT2D eigenvalue weighted by molar-refractivity contribution is 0.341. The van der Waals surface area contributed by atoms with Gasteiger partial charge in [-0.3, -0.25) is 0 Å². The normalized spacial score (nSPS) is 9.83. The summed E-state index contributed by atoms with van der Waals surface area (Å²) >= 11 is 0. The third kappa shape index (κ3) is 1.44. The van der Waals surface area contributed by atoms with E-state index in [1.165, 1.54) is 0 Å². The molecule has 0 fully saturated rings. The van der Waals surface area contributed by atoms with Crippen molar-refractivity contribution in [3.05, 3.63) is 17.7 Å². The number of nitrogen functional groups attached to an aromatic ring is 1. The van der Waals surface area contributed by atoms with Crippen LogP contribution in [0.4, 0.5) is 5.69 Å². The van der Waals surface area contributed by atoms with E-state index in [4.69, 9.17) is 10.5 Å². The van der Waals surface area contributed by atoms with Crippen molar-refractivity contribution in [2.75, 3.05) is 12.3 Å². The molecule has 0 radical (unpaired) electrons. The SMILES string of the molecule is CCOc1ccc(O)c(C)c1N. The maximum Gasteiger partial charge on any atom is 0.142 e. The van der Waals surface area contributed by atoms with Gasteiger partial charge in [0, 0.05) is 5.56 Å². The molecule has 0 saturated heterocycles. The number of hydrogen-bond donors (Lipinski definition) is 2. The molecule has 12 heavy (non-hydrogen) atoms. The van der Waals surface area contributed by atoms with E-state index >= 15 is 0 Å². The van der Waals surface area contributed by atoms with Crippen LogP contribution >= 0.6 is 0 Å². The Morgan fingerprint density at radius 3 is 2.75 bits per heavy atom. The van der Waals surface area contributed by atoms with Gasteiger partial charge >= 0.3 is 0 Å². The zero-order chi connectivity index (χ0) is 9.14. The number of aromatic hydroxyl groups is 1. The standard InChI is InChI=1S/C9H13NO2/c1-3-12-8-5-4-7(11)6(2)9(8)10/h4-5,11H,3,10H2,1-2H3. The topological polar surface area (TPSA) is 55.5 Å². The molecule has 66 valence electrons. The summed E-state index contributed by atoms with van der Waals surface area (Å²) in [4.78, 5) is 0. The largest absolute Gasteiger partial charge is 0.508 e. The molecule has 0 aromatic heterocycles. The number of anilines is 1. The lowest BCUT2D eigenvalue weighted by atomic mass is 10.1. The Labute approximate surface area is 71.8 Å². The molecule has 0 bridgehead atoms. The average molecular weight is 167 g/mol. The van der Waals surface area contributed by atoms with Crippen molar-refractivity contribution in [1.29, 1.82) is 0 Å². The van der Waals surface area contributed by atoms with Crippen LogP contribution in [0, 0.1) is 6.92 Å². The van der Waals surface area contributed by atoms with Gasteiger partial charge in [-0.05, 0) is 26.0 Å². The predicted octanol–water partition coefficient (Wildman–Crippen LogP) is 1.68. The minimum Gasteiger partial charge on any atom is -0.508 e. The molecule has 0 aliphatic rings. The second kappa shape index (κ2) is 3.34. The first-order chi connectivity index (χ1) is 5.66. The van der Waals surface area contributed by atoms with Crippen molar-refractivity contribution in [1.82, 2.24) is 0 Å². The summed E-state index contributed by atoms with van der Waals surface area (Å²) < 4.78 is 5.24. The molecule has 1 rings (SSSR count). The molecular formula is C9H13NO2. The van der Waals surface area contributed by atoms with E-state index in [0.29, 0.717) is 23.6 Å². The van der Waals surface area contributed by atoms with Gasteiger partial charge < -0.3 is 15.6 Å². The average Bonchev–Trinajstić information content (AvgIpc) is 2.07. The molecule has 3 N–H and O–H groups in total. The van der Waals surface area contributed by atoms with E-state index < -0.39 is 0 Å². The van der Waals surface area contributed by atoms with Crippen LogP contribution in [-0.4, -0.2) is 11.7 Å². The van der Waals surface area contributed by atoms with E-state index in [1.54, 1.807) is 19.1 Å². The molecule has 0 unspecified atom stereocenters. The van der Waals surface area contributed by atoms with Crippen LogP contribution in [0.3, 0.4) is 0 Å². The van der Waals surface area contributed by atoms with Gasteiger partial charge in [0.25, 0.3) is 0 Å². The van der Waals surface area contributed by atoms with E-state index in [0.717, 1.165) is 0 Å². The summed E-state index contributed by atoms with van der Waals surface area (Å²) in [5.74, 6) is 0.837. The summed E-state index contributed by atoms with van der Waals surface area (Å²) in [7, 11) is 0.